The molecule has 1 aromatic carbocycles. The summed E-state index contributed by atoms with van der Waals surface area (Å²) in [5, 5.41) is 12.4. The predicted octanol–water partition coefficient (Wildman–Crippen LogP) is 2.44. The molecule has 5 heteroatoms. The van der Waals surface area contributed by atoms with E-state index in [4.69, 9.17) is 5.26 Å². The summed E-state index contributed by atoms with van der Waals surface area (Å²) in [5.41, 5.74) is 1.88. The molecule has 4 rings (SSSR count). The van der Waals surface area contributed by atoms with Crippen LogP contribution in [0.1, 0.15) is 36.8 Å². The fourth-order valence-corrected chi connectivity index (χ4v) is 5.13. The Bertz CT molecular complexity index is 681. The van der Waals surface area contributed by atoms with E-state index < -0.39 is 0 Å². The van der Waals surface area contributed by atoms with Crippen LogP contribution >= 0.6 is 0 Å². The summed E-state index contributed by atoms with van der Waals surface area (Å²) in [6, 6.07) is 10.8. The normalized spacial score (nSPS) is 29.0. The van der Waals surface area contributed by atoms with E-state index in [1.54, 1.807) is 0 Å². The zero-order valence-electron chi connectivity index (χ0n) is 15.7. The van der Waals surface area contributed by atoms with Crippen molar-refractivity contribution in [2.75, 3.05) is 33.2 Å². The number of nitrogens with zero attached hydrogens (tertiary/aromatic N) is 4. The van der Waals surface area contributed by atoms with Crippen molar-refractivity contribution in [2.45, 2.75) is 38.3 Å². The summed E-state index contributed by atoms with van der Waals surface area (Å²) in [6.45, 7) is 5.17. The molecule has 0 spiro atoms. The second-order valence-corrected chi connectivity index (χ2v) is 7.97. The SMILES string of the molecule is CN=C(NCc1ccc(C#N)cc1)N1CCN(C2CC3CCC2C3)CC1. The molecular weight excluding hydrogens is 322 g/mol. The van der Waals surface area contributed by atoms with Crippen LogP contribution in [0.25, 0.3) is 0 Å². The topological polar surface area (TPSA) is 54.7 Å². The van der Waals surface area contributed by atoms with Crippen LogP contribution in [0.2, 0.25) is 0 Å². The first-order chi connectivity index (χ1) is 12.8. The Labute approximate surface area is 156 Å². The summed E-state index contributed by atoms with van der Waals surface area (Å²) in [4.78, 5) is 9.61. The highest BCUT2D eigenvalue weighted by Gasteiger charge is 2.42. The van der Waals surface area contributed by atoms with Crippen molar-refractivity contribution in [3.63, 3.8) is 0 Å². The van der Waals surface area contributed by atoms with E-state index >= 15 is 0 Å². The first-order valence-corrected chi connectivity index (χ1v) is 9.95. The molecule has 3 atom stereocenters. The maximum absolute atomic E-state index is 8.89. The molecule has 0 radical (unpaired) electrons. The second-order valence-electron chi connectivity index (χ2n) is 7.97. The van der Waals surface area contributed by atoms with E-state index in [1.165, 1.54) is 31.2 Å². The quantitative estimate of drug-likeness (QED) is 0.671. The lowest BCUT2D eigenvalue weighted by atomic mass is 9.93. The fraction of sp³-hybridized carbons (Fsp3) is 0.619. The molecule has 0 aromatic heterocycles. The lowest BCUT2D eigenvalue weighted by molar-refractivity contribution is 0.0958. The molecule has 1 aliphatic heterocycles. The van der Waals surface area contributed by atoms with Crippen LogP contribution in [-0.2, 0) is 6.54 Å². The van der Waals surface area contributed by atoms with E-state index in [9.17, 15) is 0 Å². The highest BCUT2D eigenvalue weighted by molar-refractivity contribution is 5.80. The van der Waals surface area contributed by atoms with Gasteiger partial charge in [0.25, 0.3) is 0 Å². The van der Waals surface area contributed by atoms with Crippen LogP contribution in [0.4, 0.5) is 0 Å². The van der Waals surface area contributed by atoms with E-state index in [2.05, 4.69) is 26.2 Å². The van der Waals surface area contributed by atoms with Gasteiger partial charge in [-0.25, -0.2) is 0 Å². The van der Waals surface area contributed by atoms with E-state index in [-0.39, 0.29) is 0 Å². The van der Waals surface area contributed by atoms with Crippen molar-refractivity contribution in [3.05, 3.63) is 35.4 Å². The Balaban J connectivity index is 1.27. The number of fused-ring (bicyclic) bond motifs is 2. The largest absolute Gasteiger partial charge is 0.352 e. The molecule has 3 unspecified atom stereocenters. The number of guanidine groups is 1. The fourth-order valence-electron chi connectivity index (χ4n) is 5.13. The Kier molecular flexibility index (Phi) is 5.12. The van der Waals surface area contributed by atoms with Gasteiger partial charge >= 0.3 is 0 Å². The standard InChI is InChI=1S/C21H29N5/c1-23-21(24-15-17-4-2-16(14-22)3-5-17)26-10-8-25(9-11-26)20-13-18-6-7-19(20)12-18/h2-5,18-20H,6-13,15H2,1H3,(H,23,24). The van der Waals surface area contributed by atoms with Gasteiger partial charge in [-0.2, -0.15) is 5.26 Å². The Morgan fingerprint density at radius 2 is 1.92 bits per heavy atom. The van der Waals surface area contributed by atoms with Gasteiger partial charge < -0.3 is 10.2 Å². The Morgan fingerprint density at radius 1 is 1.15 bits per heavy atom. The van der Waals surface area contributed by atoms with Crippen LogP contribution in [0.15, 0.2) is 29.3 Å². The van der Waals surface area contributed by atoms with Gasteiger partial charge in [0.1, 0.15) is 0 Å². The van der Waals surface area contributed by atoms with E-state index in [0.717, 1.165) is 56.6 Å². The molecule has 1 aromatic rings. The van der Waals surface area contributed by atoms with Crippen molar-refractivity contribution < 1.29 is 0 Å². The van der Waals surface area contributed by atoms with Crippen LogP contribution in [0.3, 0.4) is 0 Å². The van der Waals surface area contributed by atoms with E-state index in [1.807, 2.05) is 31.3 Å². The number of nitrogens with one attached hydrogen (secondary N) is 1. The van der Waals surface area contributed by atoms with Gasteiger partial charge in [-0.05, 0) is 48.8 Å². The number of aliphatic imine (C=N–C) groups is 1. The molecular formula is C21H29N5. The Morgan fingerprint density at radius 3 is 2.50 bits per heavy atom. The molecule has 138 valence electrons. The highest BCUT2D eigenvalue weighted by Crippen LogP contribution is 2.46. The van der Waals surface area contributed by atoms with Gasteiger partial charge in [0.15, 0.2) is 5.96 Å². The molecule has 2 saturated carbocycles. The monoisotopic (exact) mass is 351 g/mol. The van der Waals surface area contributed by atoms with Crippen LogP contribution < -0.4 is 5.32 Å². The zero-order chi connectivity index (χ0) is 17.9. The third-order valence-electron chi connectivity index (χ3n) is 6.53. The van der Waals surface area contributed by atoms with Crippen molar-refractivity contribution in [1.29, 1.82) is 5.26 Å². The molecule has 3 aliphatic rings. The van der Waals surface area contributed by atoms with Gasteiger partial charge in [-0.15, -0.1) is 0 Å². The van der Waals surface area contributed by atoms with Gasteiger partial charge in [-0.1, -0.05) is 18.6 Å². The maximum Gasteiger partial charge on any atom is 0.194 e. The van der Waals surface area contributed by atoms with Crippen molar-refractivity contribution in [1.82, 2.24) is 15.1 Å². The molecule has 1 heterocycles. The van der Waals surface area contributed by atoms with Gasteiger partial charge in [0.05, 0.1) is 11.6 Å². The second kappa shape index (κ2) is 7.67. The van der Waals surface area contributed by atoms with Crippen molar-refractivity contribution in [3.8, 4) is 6.07 Å². The summed E-state index contributed by atoms with van der Waals surface area (Å²) in [7, 11) is 1.86. The van der Waals surface area contributed by atoms with Crippen molar-refractivity contribution in [2.24, 2.45) is 16.8 Å². The molecule has 0 amide bonds. The van der Waals surface area contributed by atoms with Crippen LogP contribution in [0, 0.1) is 23.2 Å². The van der Waals surface area contributed by atoms with Gasteiger partial charge in [0, 0.05) is 45.8 Å². The van der Waals surface area contributed by atoms with Crippen molar-refractivity contribution >= 4 is 5.96 Å². The van der Waals surface area contributed by atoms with E-state index in [0.29, 0.717) is 5.56 Å². The lowest BCUT2D eigenvalue weighted by Crippen LogP contribution is -2.55. The highest BCUT2D eigenvalue weighted by atomic mass is 15.4. The third kappa shape index (κ3) is 3.57. The van der Waals surface area contributed by atoms with Crippen LogP contribution in [0.5, 0.6) is 0 Å². The smallest absolute Gasteiger partial charge is 0.194 e. The number of nitriles is 1. The molecule has 1 saturated heterocycles. The molecule has 2 aliphatic carbocycles. The minimum absolute atomic E-state index is 0.704. The first kappa shape index (κ1) is 17.4. The third-order valence-corrected chi connectivity index (χ3v) is 6.53. The summed E-state index contributed by atoms with van der Waals surface area (Å²) in [6.07, 6.45) is 5.87. The lowest BCUT2D eigenvalue weighted by Gasteiger charge is -2.42. The Hall–Kier alpha value is -2.06. The maximum atomic E-state index is 8.89. The van der Waals surface area contributed by atoms with Gasteiger partial charge in [0.2, 0.25) is 0 Å². The summed E-state index contributed by atoms with van der Waals surface area (Å²) >= 11 is 0. The molecule has 3 fully saturated rings. The van der Waals surface area contributed by atoms with Crippen LogP contribution in [-0.4, -0.2) is 55.0 Å². The minimum atomic E-state index is 0.704. The molecule has 2 bridgehead atoms. The molecule has 26 heavy (non-hydrogen) atoms. The summed E-state index contributed by atoms with van der Waals surface area (Å²) in [5.74, 6) is 2.98. The number of benzene rings is 1. The van der Waals surface area contributed by atoms with Gasteiger partial charge in [-0.3, -0.25) is 9.89 Å². The number of piperazine rings is 1. The molecule has 5 nitrogen and oxygen atoms in total. The predicted molar refractivity (Wildman–Crippen MR) is 104 cm³/mol. The first-order valence-electron chi connectivity index (χ1n) is 9.95. The number of rotatable bonds is 3. The number of hydrogen-bond donors (Lipinski definition) is 1. The zero-order valence-corrected chi connectivity index (χ0v) is 15.7. The average molecular weight is 351 g/mol. The minimum Gasteiger partial charge on any atom is -0.352 e. The average Bonchev–Trinajstić information content (AvgIpc) is 3.33. The number of hydrogen-bond acceptors (Lipinski definition) is 3. The summed E-state index contributed by atoms with van der Waals surface area (Å²) < 4.78 is 0. The molecule has 1 N–H and O–H groups in total.